The predicted molar refractivity (Wildman–Crippen MR) is 75.2 cm³/mol. The van der Waals surface area contributed by atoms with E-state index in [0.29, 0.717) is 0 Å². The van der Waals surface area contributed by atoms with Crippen LogP contribution >= 0.6 is 0 Å². The van der Waals surface area contributed by atoms with Gasteiger partial charge in [-0.15, -0.1) is 0 Å². The van der Waals surface area contributed by atoms with Crippen molar-refractivity contribution in [3.63, 3.8) is 0 Å². The molecule has 0 amide bonds. The average Bonchev–Trinajstić information content (AvgIpc) is 2.49. The summed E-state index contributed by atoms with van der Waals surface area (Å²) in [5, 5.41) is 0. The summed E-state index contributed by atoms with van der Waals surface area (Å²) in [5.41, 5.74) is 4.54. The number of morpholine rings is 1. The highest BCUT2D eigenvalue weighted by molar-refractivity contribution is 5.76. The number of anilines is 1. The van der Waals surface area contributed by atoms with Crippen molar-refractivity contribution in [3.8, 4) is 11.3 Å². The minimum Gasteiger partial charge on any atom is -0.378 e. The van der Waals surface area contributed by atoms with Crippen LogP contribution < -0.4 is 4.90 Å². The van der Waals surface area contributed by atoms with Gasteiger partial charge in [-0.1, -0.05) is 12.1 Å². The van der Waals surface area contributed by atoms with Crippen LogP contribution in [0.1, 0.15) is 5.56 Å². The van der Waals surface area contributed by atoms with E-state index in [0.717, 1.165) is 37.6 Å². The smallest absolute Gasteiger partial charge is 0.0905 e. The van der Waals surface area contributed by atoms with Crippen LogP contribution in [-0.2, 0) is 4.74 Å². The first-order chi connectivity index (χ1) is 9.34. The summed E-state index contributed by atoms with van der Waals surface area (Å²) in [6.07, 6.45) is 5.25. The monoisotopic (exact) mass is 255 g/mol. The van der Waals surface area contributed by atoms with Crippen LogP contribution in [0.3, 0.4) is 0 Å². The van der Waals surface area contributed by atoms with Gasteiger partial charge in [0.2, 0.25) is 0 Å². The number of nitrogens with zero attached hydrogens (tertiary/aromatic N) is 3. The molecule has 1 saturated heterocycles. The Morgan fingerprint density at radius 3 is 2.74 bits per heavy atom. The van der Waals surface area contributed by atoms with Crippen molar-refractivity contribution in [2.24, 2.45) is 0 Å². The van der Waals surface area contributed by atoms with E-state index in [2.05, 4.69) is 40.0 Å². The highest BCUT2D eigenvalue weighted by Crippen LogP contribution is 2.30. The van der Waals surface area contributed by atoms with E-state index in [1.54, 1.807) is 12.4 Å². The van der Waals surface area contributed by atoms with E-state index in [1.165, 1.54) is 11.3 Å². The summed E-state index contributed by atoms with van der Waals surface area (Å²) in [4.78, 5) is 10.9. The normalized spacial score (nSPS) is 15.5. The molecule has 3 rings (SSSR count). The number of ether oxygens (including phenoxy) is 1. The lowest BCUT2D eigenvalue weighted by atomic mass is 10.1. The van der Waals surface area contributed by atoms with Crippen molar-refractivity contribution in [2.45, 2.75) is 6.92 Å². The van der Waals surface area contributed by atoms with Crippen LogP contribution in [-0.4, -0.2) is 36.3 Å². The third kappa shape index (κ3) is 2.58. The molecule has 0 unspecified atom stereocenters. The minimum absolute atomic E-state index is 0.786. The van der Waals surface area contributed by atoms with Crippen molar-refractivity contribution in [1.82, 2.24) is 9.97 Å². The Balaban J connectivity index is 2.04. The molecule has 4 heteroatoms. The second kappa shape index (κ2) is 5.36. The second-order valence-electron chi connectivity index (χ2n) is 4.71. The first kappa shape index (κ1) is 12.1. The third-order valence-electron chi connectivity index (χ3n) is 3.34. The number of rotatable bonds is 2. The number of hydrogen-bond acceptors (Lipinski definition) is 4. The fraction of sp³-hybridized carbons (Fsp3) is 0.333. The summed E-state index contributed by atoms with van der Waals surface area (Å²) < 4.78 is 5.43. The molecule has 0 atom stereocenters. The van der Waals surface area contributed by atoms with Gasteiger partial charge in [-0.25, -0.2) is 0 Å². The molecule has 19 heavy (non-hydrogen) atoms. The molecule has 0 bridgehead atoms. The standard InChI is InChI=1S/C15H17N3O/c1-12-2-3-13(14-11-16-4-5-17-14)15(10-12)18-6-8-19-9-7-18/h2-5,10-11H,6-9H2,1H3. The zero-order chi connectivity index (χ0) is 13.1. The molecule has 0 radical (unpaired) electrons. The van der Waals surface area contributed by atoms with Crippen LogP contribution in [0.4, 0.5) is 5.69 Å². The fourth-order valence-electron chi connectivity index (χ4n) is 2.36. The number of hydrogen-bond donors (Lipinski definition) is 0. The number of benzene rings is 1. The maximum Gasteiger partial charge on any atom is 0.0905 e. The fourth-order valence-corrected chi connectivity index (χ4v) is 2.36. The molecule has 2 aromatic rings. The first-order valence-electron chi connectivity index (χ1n) is 6.54. The molecule has 2 heterocycles. The first-order valence-corrected chi connectivity index (χ1v) is 6.54. The van der Waals surface area contributed by atoms with Crippen LogP contribution in [0.2, 0.25) is 0 Å². The second-order valence-corrected chi connectivity index (χ2v) is 4.71. The van der Waals surface area contributed by atoms with E-state index in [9.17, 15) is 0 Å². The van der Waals surface area contributed by atoms with E-state index in [1.807, 2.05) is 6.20 Å². The molecule has 4 nitrogen and oxygen atoms in total. The van der Waals surface area contributed by atoms with Crippen molar-refractivity contribution >= 4 is 5.69 Å². The predicted octanol–water partition coefficient (Wildman–Crippen LogP) is 2.29. The van der Waals surface area contributed by atoms with Crippen molar-refractivity contribution in [3.05, 3.63) is 42.4 Å². The summed E-state index contributed by atoms with van der Waals surface area (Å²) in [6, 6.07) is 6.47. The maximum absolute atomic E-state index is 5.43. The third-order valence-corrected chi connectivity index (χ3v) is 3.34. The SMILES string of the molecule is Cc1ccc(-c2cnccn2)c(N2CCOCC2)c1. The largest absolute Gasteiger partial charge is 0.378 e. The van der Waals surface area contributed by atoms with Crippen molar-refractivity contribution in [2.75, 3.05) is 31.2 Å². The zero-order valence-corrected chi connectivity index (χ0v) is 11.0. The van der Waals surface area contributed by atoms with E-state index >= 15 is 0 Å². The van der Waals surface area contributed by atoms with E-state index in [4.69, 9.17) is 4.74 Å². The topological polar surface area (TPSA) is 38.2 Å². The summed E-state index contributed by atoms with van der Waals surface area (Å²) in [5.74, 6) is 0. The Bertz CT molecular complexity index is 551. The molecule has 0 saturated carbocycles. The van der Waals surface area contributed by atoms with Gasteiger partial charge in [0.1, 0.15) is 0 Å². The number of aromatic nitrogens is 2. The molecule has 1 fully saturated rings. The molecular weight excluding hydrogens is 238 g/mol. The van der Waals surface area contributed by atoms with Crippen LogP contribution in [0.25, 0.3) is 11.3 Å². The Morgan fingerprint density at radius 1 is 1.16 bits per heavy atom. The van der Waals surface area contributed by atoms with Crippen LogP contribution in [0.15, 0.2) is 36.8 Å². The van der Waals surface area contributed by atoms with Gasteiger partial charge >= 0.3 is 0 Å². The molecule has 1 aliphatic rings. The highest BCUT2D eigenvalue weighted by Gasteiger charge is 2.16. The highest BCUT2D eigenvalue weighted by atomic mass is 16.5. The summed E-state index contributed by atoms with van der Waals surface area (Å²) in [7, 11) is 0. The molecule has 98 valence electrons. The van der Waals surface area contributed by atoms with E-state index in [-0.39, 0.29) is 0 Å². The summed E-state index contributed by atoms with van der Waals surface area (Å²) >= 11 is 0. The van der Waals surface area contributed by atoms with Gasteiger partial charge in [0.05, 0.1) is 25.1 Å². The van der Waals surface area contributed by atoms with Gasteiger partial charge in [-0.05, 0) is 18.6 Å². The Morgan fingerprint density at radius 2 is 2.00 bits per heavy atom. The van der Waals surface area contributed by atoms with Gasteiger partial charge in [0.15, 0.2) is 0 Å². The van der Waals surface area contributed by atoms with E-state index < -0.39 is 0 Å². The van der Waals surface area contributed by atoms with Crippen molar-refractivity contribution < 1.29 is 4.74 Å². The van der Waals surface area contributed by atoms with Crippen LogP contribution in [0.5, 0.6) is 0 Å². The lowest BCUT2D eigenvalue weighted by molar-refractivity contribution is 0.123. The average molecular weight is 255 g/mol. The van der Waals surface area contributed by atoms with Gasteiger partial charge in [-0.2, -0.15) is 0 Å². The van der Waals surface area contributed by atoms with Gasteiger partial charge in [0, 0.05) is 36.7 Å². The Kier molecular flexibility index (Phi) is 3.42. The van der Waals surface area contributed by atoms with Crippen molar-refractivity contribution in [1.29, 1.82) is 0 Å². The van der Waals surface area contributed by atoms with Gasteiger partial charge < -0.3 is 9.64 Å². The zero-order valence-electron chi connectivity index (χ0n) is 11.0. The lowest BCUT2D eigenvalue weighted by Gasteiger charge is -2.30. The quantitative estimate of drug-likeness (QED) is 0.825. The molecule has 0 N–H and O–H groups in total. The molecule has 0 spiro atoms. The molecule has 1 aromatic carbocycles. The maximum atomic E-state index is 5.43. The molecule has 0 aliphatic carbocycles. The minimum atomic E-state index is 0.786. The lowest BCUT2D eigenvalue weighted by Crippen LogP contribution is -2.36. The van der Waals surface area contributed by atoms with Gasteiger partial charge in [0.25, 0.3) is 0 Å². The number of aryl methyl sites for hydroxylation is 1. The van der Waals surface area contributed by atoms with Gasteiger partial charge in [-0.3, -0.25) is 9.97 Å². The molecule has 1 aliphatic heterocycles. The summed E-state index contributed by atoms with van der Waals surface area (Å²) in [6.45, 7) is 5.54. The molecular formula is C15H17N3O. The van der Waals surface area contributed by atoms with Crippen LogP contribution in [0, 0.1) is 6.92 Å². The Labute approximate surface area is 113 Å². The Hall–Kier alpha value is -1.94. The molecule has 1 aromatic heterocycles.